The molecule has 0 aromatic carbocycles. The Morgan fingerprint density at radius 3 is 3.31 bits per heavy atom. The largest absolute Gasteiger partial charge is 0.383 e. The molecule has 2 unspecified atom stereocenters. The molecule has 2 atom stereocenters. The zero-order valence-corrected chi connectivity index (χ0v) is 10.1. The molecule has 1 aromatic heterocycles. The summed E-state index contributed by atoms with van der Waals surface area (Å²) in [6, 6.07) is 1.05. The van der Waals surface area contributed by atoms with Gasteiger partial charge < -0.3 is 10.1 Å². The molecule has 0 bridgehead atoms. The maximum absolute atomic E-state index is 5.21. The van der Waals surface area contributed by atoms with Crippen LogP contribution in [0.5, 0.6) is 0 Å². The predicted octanol–water partition coefficient (Wildman–Crippen LogP) is 1.28. The fraction of sp³-hybridized carbons (Fsp3) is 0.750. The number of nitrogens with one attached hydrogen (secondary N) is 2. The second kappa shape index (κ2) is 5.46. The maximum Gasteiger partial charge on any atom is 0.0615 e. The van der Waals surface area contributed by atoms with Gasteiger partial charge in [0.15, 0.2) is 0 Å². The standard InChI is InChI=1S/C12H21N3O/c1-3-10(8-16-2)14-11-4-5-12-9(6-11)7-13-15-12/h7,10-11,14H,3-6,8H2,1-2H3,(H,13,15). The van der Waals surface area contributed by atoms with Crippen LogP contribution in [-0.2, 0) is 17.6 Å². The summed E-state index contributed by atoms with van der Waals surface area (Å²) in [6.07, 6.45) is 6.46. The van der Waals surface area contributed by atoms with Crippen LogP contribution in [0.1, 0.15) is 31.0 Å². The molecule has 0 saturated heterocycles. The Balaban J connectivity index is 1.88. The molecule has 1 aliphatic rings. The summed E-state index contributed by atoms with van der Waals surface area (Å²) in [5, 5.41) is 10.8. The second-order valence-electron chi connectivity index (χ2n) is 4.54. The van der Waals surface area contributed by atoms with Crippen LogP contribution < -0.4 is 5.32 Å². The van der Waals surface area contributed by atoms with Gasteiger partial charge in [0.2, 0.25) is 0 Å². The Labute approximate surface area is 96.8 Å². The molecule has 4 heteroatoms. The predicted molar refractivity (Wildman–Crippen MR) is 63.5 cm³/mol. The van der Waals surface area contributed by atoms with Gasteiger partial charge in [-0.05, 0) is 31.2 Å². The van der Waals surface area contributed by atoms with Crippen LogP contribution >= 0.6 is 0 Å². The number of methoxy groups -OCH3 is 1. The first kappa shape index (κ1) is 11.6. The van der Waals surface area contributed by atoms with Crippen molar-refractivity contribution in [2.75, 3.05) is 13.7 Å². The van der Waals surface area contributed by atoms with Crippen molar-refractivity contribution in [2.45, 2.75) is 44.7 Å². The highest BCUT2D eigenvalue weighted by Crippen LogP contribution is 2.19. The highest BCUT2D eigenvalue weighted by molar-refractivity contribution is 5.21. The molecule has 2 N–H and O–H groups in total. The lowest BCUT2D eigenvalue weighted by atomic mass is 9.93. The van der Waals surface area contributed by atoms with Crippen LogP contribution in [0, 0.1) is 0 Å². The summed E-state index contributed by atoms with van der Waals surface area (Å²) in [7, 11) is 1.76. The molecule has 0 saturated carbocycles. The van der Waals surface area contributed by atoms with E-state index in [2.05, 4.69) is 22.4 Å². The Bertz CT molecular complexity index is 324. The first-order valence-corrected chi connectivity index (χ1v) is 6.09. The first-order chi connectivity index (χ1) is 7.83. The van der Waals surface area contributed by atoms with E-state index in [0.717, 1.165) is 25.9 Å². The number of rotatable bonds is 5. The van der Waals surface area contributed by atoms with Crippen molar-refractivity contribution in [3.63, 3.8) is 0 Å². The van der Waals surface area contributed by atoms with Crippen molar-refractivity contribution >= 4 is 0 Å². The van der Waals surface area contributed by atoms with Crippen molar-refractivity contribution in [2.24, 2.45) is 0 Å². The van der Waals surface area contributed by atoms with E-state index in [0.29, 0.717) is 12.1 Å². The first-order valence-electron chi connectivity index (χ1n) is 6.09. The SMILES string of the molecule is CCC(COC)NC1CCc2[nH]ncc2C1. The lowest BCUT2D eigenvalue weighted by Gasteiger charge is -2.27. The molecule has 16 heavy (non-hydrogen) atoms. The van der Waals surface area contributed by atoms with Gasteiger partial charge in [-0.3, -0.25) is 5.10 Å². The van der Waals surface area contributed by atoms with E-state index in [-0.39, 0.29) is 0 Å². The smallest absolute Gasteiger partial charge is 0.0615 e. The molecule has 0 radical (unpaired) electrons. The average Bonchev–Trinajstić information content (AvgIpc) is 2.75. The molecule has 4 nitrogen and oxygen atoms in total. The topological polar surface area (TPSA) is 49.9 Å². The van der Waals surface area contributed by atoms with Crippen molar-refractivity contribution in [1.29, 1.82) is 0 Å². The van der Waals surface area contributed by atoms with E-state index in [1.165, 1.54) is 17.7 Å². The molecule has 0 amide bonds. The van der Waals surface area contributed by atoms with Crippen LogP contribution in [0.4, 0.5) is 0 Å². The number of hydrogen-bond acceptors (Lipinski definition) is 3. The molecule has 1 aromatic rings. The Hall–Kier alpha value is -0.870. The van der Waals surface area contributed by atoms with Crippen molar-refractivity contribution in [3.8, 4) is 0 Å². The maximum atomic E-state index is 5.21. The number of fused-ring (bicyclic) bond motifs is 1. The van der Waals surface area contributed by atoms with Crippen LogP contribution in [0.15, 0.2) is 6.20 Å². The van der Waals surface area contributed by atoms with E-state index in [9.17, 15) is 0 Å². The average molecular weight is 223 g/mol. The highest BCUT2D eigenvalue weighted by Gasteiger charge is 2.21. The van der Waals surface area contributed by atoms with Crippen LogP contribution in [0.3, 0.4) is 0 Å². The molecule has 0 fully saturated rings. The highest BCUT2D eigenvalue weighted by atomic mass is 16.5. The summed E-state index contributed by atoms with van der Waals surface area (Å²) in [5.41, 5.74) is 2.69. The minimum absolute atomic E-state index is 0.475. The Morgan fingerprint density at radius 1 is 1.69 bits per heavy atom. The number of aryl methyl sites for hydroxylation is 1. The van der Waals surface area contributed by atoms with E-state index in [1.54, 1.807) is 7.11 Å². The van der Waals surface area contributed by atoms with E-state index >= 15 is 0 Å². The number of aromatic nitrogens is 2. The van der Waals surface area contributed by atoms with Gasteiger partial charge in [-0.2, -0.15) is 5.10 Å². The van der Waals surface area contributed by atoms with E-state index in [1.807, 2.05) is 6.20 Å². The molecule has 1 aliphatic carbocycles. The summed E-state index contributed by atoms with van der Waals surface area (Å²) >= 11 is 0. The summed E-state index contributed by atoms with van der Waals surface area (Å²) in [6.45, 7) is 2.99. The molecule has 0 spiro atoms. The van der Waals surface area contributed by atoms with Crippen LogP contribution in [-0.4, -0.2) is 36.0 Å². The van der Waals surface area contributed by atoms with Crippen LogP contribution in [0.2, 0.25) is 0 Å². The van der Waals surface area contributed by atoms with Gasteiger partial charge in [0.05, 0.1) is 12.8 Å². The molecule has 90 valence electrons. The molecular weight excluding hydrogens is 202 g/mol. The quantitative estimate of drug-likeness (QED) is 0.790. The normalized spacial score (nSPS) is 21.8. The monoisotopic (exact) mass is 223 g/mol. The van der Waals surface area contributed by atoms with E-state index < -0.39 is 0 Å². The van der Waals surface area contributed by atoms with E-state index in [4.69, 9.17) is 4.74 Å². The zero-order valence-electron chi connectivity index (χ0n) is 10.1. The third-order valence-corrected chi connectivity index (χ3v) is 3.35. The van der Waals surface area contributed by atoms with Gasteiger partial charge in [-0.25, -0.2) is 0 Å². The van der Waals surface area contributed by atoms with Gasteiger partial charge >= 0.3 is 0 Å². The molecule has 1 heterocycles. The van der Waals surface area contributed by atoms with Gasteiger partial charge in [0.1, 0.15) is 0 Å². The van der Waals surface area contributed by atoms with Crippen molar-refractivity contribution in [1.82, 2.24) is 15.5 Å². The number of ether oxygens (including phenoxy) is 1. The fourth-order valence-corrected chi connectivity index (χ4v) is 2.38. The number of H-pyrrole nitrogens is 1. The lowest BCUT2D eigenvalue weighted by molar-refractivity contribution is 0.156. The van der Waals surface area contributed by atoms with Gasteiger partial charge in [0, 0.05) is 24.9 Å². The molecule has 0 aliphatic heterocycles. The summed E-state index contributed by atoms with van der Waals surface area (Å²) in [4.78, 5) is 0. The van der Waals surface area contributed by atoms with Crippen molar-refractivity contribution < 1.29 is 4.74 Å². The Kier molecular flexibility index (Phi) is 3.96. The summed E-state index contributed by atoms with van der Waals surface area (Å²) in [5.74, 6) is 0. The van der Waals surface area contributed by atoms with Crippen LogP contribution in [0.25, 0.3) is 0 Å². The number of hydrogen-bond donors (Lipinski definition) is 2. The zero-order chi connectivity index (χ0) is 11.4. The third-order valence-electron chi connectivity index (χ3n) is 3.35. The molecule has 2 rings (SSSR count). The lowest BCUT2D eigenvalue weighted by Crippen LogP contribution is -2.43. The summed E-state index contributed by atoms with van der Waals surface area (Å²) < 4.78 is 5.21. The minimum atomic E-state index is 0.475. The number of nitrogens with zero attached hydrogens (tertiary/aromatic N) is 1. The number of aromatic amines is 1. The van der Waals surface area contributed by atoms with Gasteiger partial charge in [0.25, 0.3) is 0 Å². The fourth-order valence-electron chi connectivity index (χ4n) is 2.38. The third kappa shape index (κ3) is 2.62. The second-order valence-corrected chi connectivity index (χ2v) is 4.54. The minimum Gasteiger partial charge on any atom is -0.383 e. The van der Waals surface area contributed by atoms with Crippen molar-refractivity contribution in [3.05, 3.63) is 17.5 Å². The van der Waals surface area contributed by atoms with Gasteiger partial charge in [-0.1, -0.05) is 6.92 Å². The Morgan fingerprint density at radius 2 is 2.56 bits per heavy atom. The van der Waals surface area contributed by atoms with Gasteiger partial charge in [-0.15, -0.1) is 0 Å². The molecular formula is C12H21N3O.